The summed E-state index contributed by atoms with van der Waals surface area (Å²) in [6.45, 7) is 7.00. The molecule has 0 N–H and O–H groups in total. The van der Waals surface area contributed by atoms with E-state index in [1.807, 2.05) is 4.90 Å². The third-order valence-corrected chi connectivity index (χ3v) is 12.5. The lowest BCUT2D eigenvalue weighted by Gasteiger charge is -2.45. The van der Waals surface area contributed by atoms with Gasteiger partial charge in [-0.05, 0) is 87.9 Å². The predicted octanol–water partition coefficient (Wildman–Crippen LogP) is 2.68. The predicted molar refractivity (Wildman–Crippen MR) is 133 cm³/mol. The van der Waals surface area contributed by atoms with Gasteiger partial charge in [-0.15, -0.1) is 0 Å². The zero-order chi connectivity index (χ0) is 25.9. The summed E-state index contributed by atoms with van der Waals surface area (Å²) in [4.78, 5) is 41.6. The Labute approximate surface area is 224 Å². The van der Waals surface area contributed by atoms with E-state index >= 15 is 0 Å². The van der Waals surface area contributed by atoms with E-state index in [-0.39, 0.29) is 36.3 Å². The Morgan fingerprint density at radius 1 is 0.947 bits per heavy atom. The van der Waals surface area contributed by atoms with Gasteiger partial charge in [0.15, 0.2) is 0 Å². The Balaban J connectivity index is 0.965. The fraction of sp³-hybridized carbons (Fsp3) is 0.900. The number of carbonyl (C=O) groups excluding carboxylic acids is 3. The summed E-state index contributed by atoms with van der Waals surface area (Å²) >= 11 is 0. The number of hydrogen-bond acceptors (Lipinski definition) is 8. The Kier molecular flexibility index (Phi) is 5.35. The third-order valence-electron chi connectivity index (χ3n) is 12.5. The molecule has 2 aliphatic heterocycles. The van der Waals surface area contributed by atoms with Crippen LogP contribution in [0.15, 0.2) is 0 Å². The molecule has 0 radical (unpaired) electrons. The standard InChI is InChI=1S/C30H41NO7/c1-30(2,20-11-16-10-17(20)23-15-4-3-14(9-15)22(16)23)38-29(34)25-19-12-18-24(25)28(33)37-27(18)26(19)36-21(32)13-31-5-7-35-8-6-31/h14-20,22-27H,3-13H2,1-2H3. The van der Waals surface area contributed by atoms with Crippen molar-refractivity contribution in [2.24, 2.45) is 65.1 Å². The van der Waals surface area contributed by atoms with Crippen molar-refractivity contribution in [2.75, 3.05) is 32.8 Å². The van der Waals surface area contributed by atoms with Gasteiger partial charge < -0.3 is 18.9 Å². The van der Waals surface area contributed by atoms with Gasteiger partial charge in [0, 0.05) is 30.8 Å². The highest BCUT2D eigenvalue weighted by Gasteiger charge is 2.71. The van der Waals surface area contributed by atoms with Crippen LogP contribution in [0, 0.1) is 65.1 Å². The number of hydrogen-bond donors (Lipinski definition) is 0. The Hall–Kier alpha value is -1.67. The molecule has 2 heterocycles. The van der Waals surface area contributed by atoms with Crippen LogP contribution in [0.5, 0.6) is 0 Å². The molecule has 13 unspecified atom stereocenters. The summed E-state index contributed by atoms with van der Waals surface area (Å²) in [7, 11) is 0. The molecule has 0 aromatic rings. The average molecular weight is 528 g/mol. The highest BCUT2D eigenvalue weighted by atomic mass is 16.6. The highest BCUT2D eigenvalue weighted by Crippen LogP contribution is 2.70. The second-order valence-corrected chi connectivity index (χ2v) is 14.4. The summed E-state index contributed by atoms with van der Waals surface area (Å²) in [5, 5.41) is 0. The van der Waals surface area contributed by atoms with E-state index in [1.54, 1.807) is 0 Å². The van der Waals surface area contributed by atoms with Gasteiger partial charge >= 0.3 is 17.9 Å². The van der Waals surface area contributed by atoms with Crippen molar-refractivity contribution in [3.63, 3.8) is 0 Å². The molecule has 0 spiro atoms. The van der Waals surface area contributed by atoms with Crippen molar-refractivity contribution in [2.45, 2.75) is 70.2 Å². The number of nitrogens with zero attached hydrogens (tertiary/aromatic N) is 1. The fourth-order valence-corrected chi connectivity index (χ4v) is 11.4. The second kappa shape index (κ2) is 8.42. The molecular weight excluding hydrogens is 486 g/mol. The molecule has 8 heteroatoms. The molecule has 8 aliphatic rings. The molecule has 6 saturated carbocycles. The molecule has 8 fully saturated rings. The maximum atomic E-state index is 13.9. The number of carbonyl (C=O) groups is 3. The normalized spacial score (nSPS) is 49.9. The van der Waals surface area contributed by atoms with Gasteiger partial charge in [-0.2, -0.15) is 0 Å². The van der Waals surface area contributed by atoms with Gasteiger partial charge in [0.05, 0.1) is 31.6 Å². The van der Waals surface area contributed by atoms with Crippen LogP contribution in [0.25, 0.3) is 0 Å². The quantitative estimate of drug-likeness (QED) is 0.296. The third kappa shape index (κ3) is 3.37. The van der Waals surface area contributed by atoms with Crippen molar-refractivity contribution in [3.8, 4) is 0 Å². The van der Waals surface area contributed by atoms with Crippen molar-refractivity contribution in [1.82, 2.24) is 4.90 Å². The molecule has 2 saturated heterocycles. The first kappa shape index (κ1) is 24.2. The Morgan fingerprint density at radius 3 is 2.50 bits per heavy atom. The van der Waals surface area contributed by atoms with Crippen molar-refractivity contribution >= 4 is 17.9 Å². The largest absolute Gasteiger partial charge is 0.459 e. The summed E-state index contributed by atoms with van der Waals surface area (Å²) in [6.07, 6.45) is 6.41. The van der Waals surface area contributed by atoms with Gasteiger partial charge in [-0.1, -0.05) is 0 Å². The molecule has 6 bridgehead atoms. The van der Waals surface area contributed by atoms with Crippen LogP contribution in [-0.2, 0) is 33.3 Å². The lowest BCUT2D eigenvalue weighted by molar-refractivity contribution is -0.180. The SMILES string of the molecule is CC(C)(OC(=O)C1C2CC3C(OC(=O)C31)C2OC(=O)CN1CCOCC1)C1CC2CC1C1C3CCC(C3)C21. The van der Waals surface area contributed by atoms with Crippen molar-refractivity contribution < 1.29 is 33.3 Å². The Bertz CT molecular complexity index is 1040. The molecule has 8 rings (SSSR count). The molecule has 6 aliphatic carbocycles. The van der Waals surface area contributed by atoms with E-state index in [4.69, 9.17) is 18.9 Å². The first-order chi connectivity index (χ1) is 18.3. The van der Waals surface area contributed by atoms with E-state index in [9.17, 15) is 14.4 Å². The summed E-state index contributed by atoms with van der Waals surface area (Å²) in [5.74, 6) is 3.19. The topological polar surface area (TPSA) is 91.4 Å². The molecule has 8 nitrogen and oxygen atoms in total. The monoisotopic (exact) mass is 527 g/mol. The van der Waals surface area contributed by atoms with Crippen LogP contribution in [0.2, 0.25) is 0 Å². The minimum atomic E-state index is -0.583. The zero-order valence-electron chi connectivity index (χ0n) is 22.6. The van der Waals surface area contributed by atoms with Crippen LogP contribution in [0.4, 0.5) is 0 Å². The minimum absolute atomic E-state index is 0.0633. The number of fused-ring (bicyclic) bond motifs is 10. The number of rotatable bonds is 6. The molecule has 0 aromatic carbocycles. The lowest BCUT2D eigenvalue weighted by Crippen LogP contribution is -2.49. The van der Waals surface area contributed by atoms with Crippen molar-refractivity contribution in [1.29, 1.82) is 0 Å². The summed E-state index contributed by atoms with van der Waals surface area (Å²) in [5.41, 5.74) is -0.560. The van der Waals surface area contributed by atoms with Crippen molar-refractivity contribution in [3.05, 3.63) is 0 Å². The maximum absolute atomic E-state index is 13.9. The number of morpholine rings is 1. The number of ether oxygens (including phenoxy) is 4. The second-order valence-electron chi connectivity index (χ2n) is 14.4. The van der Waals surface area contributed by atoms with Crippen LogP contribution < -0.4 is 0 Å². The van der Waals surface area contributed by atoms with E-state index < -0.39 is 29.6 Å². The van der Waals surface area contributed by atoms with Gasteiger partial charge in [-0.3, -0.25) is 19.3 Å². The Morgan fingerprint density at radius 2 is 1.71 bits per heavy atom. The van der Waals surface area contributed by atoms with Crippen LogP contribution >= 0.6 is 0 Å². The van der Waals surface area contributed by atoms with E-state index in [0.717, 1.165) is 29.6 Å². The van der Waals surface area contributed by atoms with Gasteiger partial charge in [0.1, 0.15) is 17.8 Å². The lowest BCUT2D eigenvalue weighted by atomic mass is 9.64. The van der Waals surface area contributed by atoms with Gasteiger partial charge in [0.25, 0.3) is 0 Å². The van der Waals surface area contributed by atoms with Crippen LogP contribution in [-0.4, -0.2) is 73.5 Å². The molecular formula is C30H41NO7. The minimum Gasteiger partial charge on any atom is -0.459 e. The van der Waals surface area contributed by atoms with Gasteiger partial charge in [0.2, 0.25) is 0 Å². The zero-order valence-corrected chi connectivity index (χ0v) is 22.6. The fourth-order valence-electron chi connectivity index (χ4n) is 11.4. The van der Waals surface area contributed by atoms with Crippen LogP contribution in [0.3, 0.4) is 0 Å². The molecule has 208 valence electrons. The highest BCUT2D eigenvalue weighted by molar-refractivity contribution is 5.86. The van der Waals surface area contributed by atoms with E-state index in [0.29, 0.717) is 44.6 Å². The average Bonchev–Trinajstić information content (AvgIpc) is 3.72. The van der Waals surface area contributed by atoms with Crippen LogP contribution in [0.1, 0.15) is 52.4 Å². The van der Waals surface area contributed by atoms with E-state index in [1.165, 1.54) is 32.1 Å². The van der Waals surface area contributed by atoms with Gasteiger partial charge in [-0.25, -0.2) is 0 Å². The first-order valence-electron chi connectivity index (χ1n) is 15.2. The summed E-state index contributed by atoms with van der Waals surface area (Å²) < 4.78 is 23.4. The smallest absolute Gasteiger partial charge is 0.320 e. The molecule has 13 atom stereocenters. The first-order valence-corrected chi connectivity index (χ1v) is 15.2. The van der Waals surface area contributed by atoms with E-state index in [2.05, 4.69) is 13.8 Å². The molecule has 38 heavy (non-hydrogen) atoms. The maximum Gasteiger partial charge on any atom is 0.320 e. The molecule has 0 amide bonds. The molecule has 0 aromatic heterocycles. The number of esters is 3. The summed E-state index contributed by atoms with van der Waals surface area (Å²) in [6, 6.07) is 0.